The molecule has 3 heteroatoms. The molecule has 1 aliphatic heterocycles. The van der Waals surface area contributed by atoms with Crippen LogP contribution in [-0.4, -0.2) is 12.7 Å². The molecular weight excluding hydrogens is 238 g/mol. The summed E-state index contributed by atoms with van der Waals surface area (Å²) in [6.07, 6.45) is 5.28. The van der Waals surface area contributed by atoms with Crippen molar-refractivity contribution >= 4 is 0 Å². The number of rotatable bonds is 5. The van der Waals surface area contributed by atoms with Gasteiger partial charge in [0.2, 0.25) is 0 Å². The molecule has 1 aromatic carbocycles. The minimum absolute atomic E-state index is 0.0388. The maximum absolute atomic E-state index is 6.37. The minimum Gasteiger partial charge on any atom is -0.497 e. The van der Waals surface area contributed by atoms with Crippen molar-refractivity contribution in [3.63, 3.8) is 0 Å². The van der Waals surface area contributed by atoms with E-state index in [2.05, 4.69) is 13.8 Å². The van der Waals surface area contributed by atoms with Crippen LogP contribution in [-0.2, 0) is 0 Å². The quantitative estimate of drug-likeness (QED) is 0.878. The molecule has 0 fully saturated rings. The Bertz CT molecular complexity index is 425. The Kier molecular flexibility index (Phi) is 4.35. The topological polar surface area (TPSA) is 44.5 Å². The Balaban J connectivity index is 2.32. The van der Waals surface area contributed by atoms with E-state index in [1.165, 1.54) is 0 Å². The molecule has 1 aromatic rings. The SMILES string of the molecule is CCCC1(CCC)C[C@H](N)c2cc(OC)ccc2O1. The van der Waals surface area contributed by atoms with Gasteiger partial charge in [-0.15, -0.1) is 0 Å². The molecule has 0 saturated heterocycles. The van der Waals surface area contributed by atoms with Crippen molar-refractivity contribution in [2.24, 2.45) is 5.73 Å². The average molecular weight is 263 g/mol. The lowest BCUT2D eigenvalue weighted by molar-refractivity contribution is 0.0178. The number of methoxy groups -OCH3 is 1. The van der Waals surface area contributed by atoms with Gasteiger partial charge in [0, 0.05) is 18.0 Å². The normalized spacial score (nSPS) is 20.5. The summed E-state index contributed by atoms with van der Waals surface area (Å²) in [6.45, 7) is 4.41. The molecule has 19 heavy (non-hydrogen) atoms. The Labute approximate surface area is 116 Å². The highest BCUT2D eigenvalue weighted by Crippen LogP contribution is 2.43. The zero-order chi connectivity index (χ0) is 13.9. The van der Waals surface area contributed by atoms with Gasteiger partial charge in [0.1, 0.15) is 17.1 Å². The van der Waals surface area contributed by atoms with Crippen LogP contribution in [0, 0.1) is 0 Å². The zero-order valence-corrected chi connectivity index (χ0v) is 12.2. The van der Waals surface area contributed by atoms with Crippen LogP contribution in [0.4, 0.5) is 0 Å². The fourth-order valence-corrected chi connectivity index (χ4v) is 3.16. The predicted octanol–water partition coefficient (Wildman–Crippen LogP) is 3.82. The van der Waals surface area contributed by atoms with Gasteiger partial charge in [-0.1, -0.05) is 26.7 Å². The Morgan fingerprint density at radius 1 is 1.32 bits per heavy atom. The monoisotopic (exact) mass is 263 g/mol. The third kappa shape index (κ3) is 2.86. The number of hydrogen-bond donors (Lipinski definition) is 1. The molecular formula is C16H25NO2. The fourth-order valence-electron chi connectivity index (χ4n) is 3.16. The van der Waals surface area contributed by atoms with Gasteiger partial charge in [-0.2, -0.15) is 0 Å². The molecule has 0 radical (unpaired) electrons. The molecule has 0 unspecified atom stereocenters. The second-order valence-corrected chi connectivity index (χ2v) is 5.50. The molecule has 0 aromatic heterocycles. The van der Waals surface area contributed by atoms with E-state index in [4.69, 9.17) is 15.2 Å². The largest absolute Gasteiger partial charge is 0.497 e. The second-order valence-electron chi connectivity index (χ2n) is 5.50. The van der Waals surface area contributed by atoms with Crippen molar-refractivity contribution < 1.29 is 9.47 Å². The Morgan fingerprint density at radius 3 is 2.58 bits per heavy atom. The summed E-state index contributed by atoms with van der Waals surface area (Å²) in [7, 11) is 1.68. The number of fused-ring (bicyclic) bond motifs is 1. The van der Waals surface area contributed by atoms with Crippen molar-refractivity contribution in [1.82, 2.24) is 0 Å². The molecule has 106 valence electrons. The third-order valence-electron chi connectivity index (χ3n) is 3.95. The van der Waals surface area contributed by atoms with Gasteiger partial charge in [-0.3, -0.25) is 0 Å². The van der Waals surface area contributed by atoms with E-state index in [-0.39, 0.29) is 11.6 Å². The van der Waals surface area contributed by atoms with E-state index < -0.39 is 0 Å². The molecule has 2 N–H and O–H groups in total. The van der Waals surface area contributed by atoms with Crippen molar-refractivity contribution in [3.05, 3.63) is 23.8 Å². The summed E-state index contributed by atoms with van der Waals surface area (Å²) < 4.78 is 11.6. The highest BCUT2D eigenvalue weighted by Gasteiger charge is 2.38. The van der Waals surface area contributed by atoms with Gasteiger partial charge >= 0.3 is 0 Å². The van der Waals surface area contributed by atoms with E-state index in [1.807, 2.05) is 18.2 Å². The Hall–Kier alpha value is -1.22. The van der Waals surface area contributed by atoms with Crippen LogP contribution in [0.2, 0.25) is 0 Å². The minimum atomic E-state index is -0.0789. The molecule has 1 atom stereocenters. The van der Waals surface area contributed by atoms with E-state index in [9.17, 15) is 0 Å². The third-order valence-corrected chi connectivity index (χ3v) is 3.95. The first-order chi connectivity index (χ1) is 9.14. The summed E-state index contributed by atoms with van der Waals surface area (Å²) in [5.74, 6) is 1.78. The lowest BCUT2D eigenvalue weighted by Crippen LogP contribution is -2.42. The van der Waals surface area contributed by atoms with Gasteiger partial charge in [0.15, 0.2) is 0 Å². The van der Waals surface area contributed by atoms with E-state index >= 15 is 0 Å². The zero-order valence-electron chi connectivity index (χ0n) is 12.2. The van der Waals surface area contributed by atoms with Gasteiger partial charge in [-0.05, 0) is 31.0 Å². The summed E-state index contributed by atoms with van der Waals surface area (Å²) >= 11 is 0. The molecule has 0 bridgehead atoms. The standard InChI is InChI=1S/C16H25NO2/c1-4-8-16(9-5-2)11-14(17)13-10-12(18-3)6-7-15(13)19-16/h6-7,10,14H,4-5,8-9,11,17H2,1-3H3/t14-/m0/s1. The summed E-state index contributed by atoms with van der Waals surface area (Å²) in [6, 6.07) is 5.98. The van der Waals surface area contributed by atoms with Crippen LogP contribution < -0.4 is 15.2 Å². The van der Waals surface area contributed by atoms with E-state index in [0.717, 1.165) is 49.2 Å². The first-order valence-corrected chi connectivity index (χ1v) is 7.26. The molecule has 1 heterocycles. The number of ether oxygens (including phenoxy) is 2. The predicted molar refractivity (Wildman–Crippen MR) is 77.7 cm³/mol. The van der Waals surface area contributed by atoms with Crippen LogP contribution in [0.5, 0.6) is 11.5 Å². The molecule has 0 aliphatic carbocycles. The van der Waals surface area contributed by atoms with Crippen molar-refractivity contribution in [3.8, 4) is 11.5 Å². The van der Waals surface area contributed by atoms with Gasteiger partial charge in [0.05, 0.1) is 7.11 Å². The van der Waals surface area contributed by atoms with Crippen LogP contribution in [0.3, 0.4) is 0 Å². The van der Waals surface area contributed by atoms with Crippen molar-refractivity contribution in [2.75, 3.05) is 7.11 Å². The number of nitrogens with two attached hydrogens (primary N) is 1. The maximum atomic E-state index is 6.37. The molecule has 0 amide bonds. The van der Waals surface area contributed by atoms with Crippen molar-refractivity contribution in [2.45, 2.75) is 57.6 Å². The smallest absolute Gasteiger partial charge is 0.125 e. The highest BCUT2D eigenvalue weighted by atomic mass is 16.5. The lowest BCUT2D eigenvalue weighted by Gasteiger charge is -2.41. The first kappa shape index (κ1) is 14.2. The Morgan fingerprint density at radius 2 is 2.00 bits per heavy atom. The van der Waals surface area contributed by atoms with Gasteiger partial charge in [-0.25, -0.2) is 0 Å². The van der Waals surface area contributed by atoms with E-state index in [0.29, 0.717) is 0 Å². The van der Waals surface area contributed by atoms with Crippen LogP contribution in [0.25, 0.3) is 0 Å². The molecule has 0 saturated carbocycles. The summed E-state index contributed by atoms with van der Waals surface area (Å²) in [5.41, 5.74) is 7.36. The molecule has 2 rings (SSSR count). The number of benzene rings is 1. The summed E-state index contributed by atoms with van der Waals surface area (Å²) in [4.78, 5) is 0. The molecule has 3 nitrogen and oxygen atoms in total. The van der Waals surface area contributed by atoms with Crippen LogP contribution >= 0.6 is 0 Å². The van der Waals surface area contributed by atoms with Crippen molar-refractivity contribution in [1.29, 1.82) is 0 Å². The molecule has 1 aliphatic rings. The average Bonchev–Trinajstić information content (AvgIpc) is 2.39. The lowest BCUT2D eigenvalue weighted by atomic mass is 9.81. The second kappa shape index (κ2) is 5.83. The molecule has 0 spiro atoms. The summed E-state index contributed by atoms with van der Waals surface area (Å²) in [5, 5.41) is 0. The fraction of sp³-hybridized carbons (Fsp3) is 0.625. The van der Waals surface area contributed by atoms with E-state index in [1.54, 1.807) is 7.11 Å². The van der Waals surface area contributed by atoms with Crippen LogP contribution in [0.15, 0.2) is 18.2 Å². The first-order valence-electron chi connectivity index (χ1n) is 7.26. The maximum Gasteiger partial charge on any atom is 0.125 e. The number of hydrogen-bond acceptors (Lipinski definition) is 3. The van der Waals surface area contributed by atoms with Crippen LogP contribution in [0.1, 0.15) is 57.6 Å². The van der Waals surface area contributed by atoms with Gasteiger partial charge in [0.25, 0.3) is 0 Å². The highest BCUT2D eigenvalue weighted by molar-refractivity contribution is 5.44. The van der Waals surface area contributed by atoms with Gasteiger partial charge < -0.3 is 15.2 Å².